The van der Waals surface area contributed by atoms with E-state index in [1.54, 1.807) is 0 Å². The quantitative estimate of drug-likeness (QED) is 0.732. The van der Waals surface area contributed by atoms with Crippen LogP contribution in [0.3, 0.4) is 0 Å². The number of aliphatic hydroxyl groups excluding tert-OH is 1. The van der Waals surface area contributed by atoms with Crippen LogP contribution in [0, 0.1) is 0 Å². The highest BCUT2D eigenvalue weighted by atomic mass is 16.3. The number of rotatable bonds is 1. The van der Waals surface area contributed by atoms with Gasteiger partial charge in [0.25, 0.3) is 0 Å². The second kappa shape index (κ2) is 3.21. The van der Waals surface area contributed by atoms with Gasteiger partial charge in [-0.05, 0) is 34.8 Å². The fourth-order valence-corrected chi connectivity index (χ4v) is 2.23. The molecule has 0 heterocycles. The van der Waals surface area contributed by atoms with Crippen LogP contribution in [-0.2, 0) is 0 Å². The first-order valence-electron chi connectivity index (χ1n) is 5.21. The van der Waals surface area contributed by atoms with E-state index in [1.165, 1.54) is 5.57 Å². The molecule has 0 saturated heterocycles. The lowest BCUT2D eigenvalue weighted by Gasteiger charge is -2.10. The van der Waals surface area contributed by atoms with Gasteiger partial charge in [0.1, 0.15) is 6.10 Å². The number of benzene rings is 1. The van der Waals surface area contributed by atoms with Crippen LogP contribution in [0.1, 0.15) is 23.7 Å². The van der Waals surface area contributed by atoms with Crippen LogP contribution < -0.4 is 0 Å². The second-order valence-electron chi connectivity index (χ2n) is 3.96. The number of hydrogen-bond acceptors (Lipinski definition) is 1. The molecule has 0 saturated carbocycles. The van der Waals surface area contributed by atoms with Gasteiger partial charge in [0.2, 0.25) is 0 Å². The Kier molecular flexibility index (Phi) is 1.86. The van der Waals surface area contributed by atoms with Crippen molar-refractivity contribution >= 4 is 6.08 Å². The Morgan fingerprint density at radius 3 is 2.80 bits per heavy atom. The standard InChI is InChI=1S/C14H12O/c15-14-12-8-4-3-7-11(12)9-13(14)10-5-1-2-6-10/h1-5,7-9,14-15H,6H2. The molecule has 1 aromatic carbocycles. The van der Waals surface area contributed by atoms with E-state index in [1.807, 2.05) is 24.3 Å². The van der Waals surface area contributed by atoms with Crippen molar-refractivity contribution in [2.75, 3.05) is 0 Å². The van der Waals surface area contributed by atoms with Gasteiger partial charge in [-0.2, -0.15) is 0 Å². The number of aliphatic hydroxyl groups is 1. The summed E-state index contributed by atoms with van der Waals surface area (Å²) in [6.45, 7) is 0. The van der Waals surface area contributed by atoms with Crippen molar-refractivity contribution in [3.63, 3.8) is 0 Å². The Bertz CT molecular complexity index is 492. The van der Waals surface area contributed by atoms with E-state index >= 15 is 0 Å². The first kappa shape index (κ1) is 8.69. The first-order chi connectivity index (χ1) is 7.36. The molecule has 1 N–H and O–H groups in total. The van der Waals surface area contributed by atoms with Crippen molar-refractivity contribution in [3.05, 3.63) is 64.8 Å². The zero-order chi connectivity index (χ0) is 10.3. The molecule has 1 aromatic rings. The van der Waals surface area contributed by atoms with Crippen LogP contribution in [0.2, 0.25) is 0 Å². The zero-order valence-electron chi connectivity index (χ0n) is 8.35. The molecule has 0 fully saturated rings. The fraction of sp³-hybridized carbons (Fsp3) is 0.143. The van der Waals surface area contributed by atoms with Crippen molar-refractivity contribution in [2.24, 2.45) is 0 Å². The molecule has 2 aliphatic carbocycles. The van der Waals surface area contributed by atoms with Crippen molar-refractivity contribution in [3.8, 4) is 0 Å². The summed E-state index contributed by atoms with van der Waals surface area (Å²) < 4.78 is 0. The van der Waals surface area contributed by atoms with E-state index < -0.39 is 6.10 Å². The Morgan fingerprint density at radius 2 is 2.07 bits per heavy atom. The molecule has 0 aromatic heterocycles. The Labute approximate surface area is 89.1 Å². The van der Waals surface area contributed by atoms with Gasteiger partial charge in [-0.1, -0.05) is 42.5 Å². The van der Waals surface area contributed by atoms with Crippen molar-refractivity contribution in [1.29, 1.82) is 0 Å². The molecule has 0 bridgehead atoms. The molecule has 0 aliphatic heterocycles. The van der Waals surface area contributed by atoms with Gasteiger partial charge >= 0.3 is 0 Å². The third kappa shape index (κ3) is 1.28. The van der Waals surface area contributed by atoms with E-state index in [0.717, 1.165) is 23.1 Å². The number of hydrogen-bond donors (Lipinski definition) is 1. The topological polar surface area (TPSA) is 20.2 Å². The molecule has 1 atom stereocenters. The van der Waals surface area contributed by atoms with Gasteiger partial charge in [0.05, 0.1) is 0 Å². The summed E-state index contributed by atoms with van der Waals surface area (Å²) in [5.74, 6) is 0. The Morgan fingerprint density at radius 1 is 1.20 bits per heavy atom. The van der Waals surface area contributed by atoms with E-state index in [0.29, 0.717) is 0 Å². The van der Waals surface area contributed by atoms with Gasteiger partial charge in [-0.25, -0.2) is 0 Å². The lowest BCUT2D eigenvalue weighted by molar-refractivity contribution is 0.222. The summed E-state index contributed by atoms with van der Waals surface area (Å²) in [6.07, 6.45) is 8.85. The van der Waals surface area contributed by atoms with Crippen LogP contribution in [-0.4, -0.2) is 5.11 Å². The smallest absolute Gasteiger partial charge is 0.105 e. The largest absolute Gasteiger partial charge is 0.384 e. The molecule has 3 rings (SSSR count). The van der Waals surface area contributed by atoms with E-state index in [2.05, 4.69) is 24.3 Å². The molecule has 0 radical (unpaired) electrons. The normalized spacial score (nSPS) is 22.6. The van der Waals surface area contributed by atoms with Gasteiger partial charge < -0.3 is 5.11 Å². The molecule has 1 heteroatoms. The molecule has 15 heavy (non-hydrogen) atoms. The van der Waals surface area contributed by atoms with Crippen LogP contribution in [0.15, 0.2) is 53.6 Å². The van der Waals surface area contributed by atoms with Crippen LogP contribution >= 0.6 is 0 Å². The van der Waals surface area contributed by atoms with E-state index in [4.69, 9.17) is 0 Å². The third-order valence-corrected chi connectivity index (χ3v) is 3.04. The molecular formula is C14H12O. The number of allylic oxidation sites excluding steroid dienone is 3. The predicted molar refractivity (Wildman–Crippen MR) is 61.2 cm³/mol. The van der Waals surface area contributed by atoms with Crippen molar-refractivity contribution < 1.29 is 5.11 Å². The molecule has 74 valence electrons. The Balaban J connectivity index is 2.03. The minimum Gasteiger partial charge on any atom is -0.384 e. The highest BCUT2D eigenvalue weighted by Crippen LogP contribution is 2.39. The first-order valence-corrected chi connectivity index (χ1v) is 5.21. The average Bonchev–Trinajstić information content (AvgIpc) is 2.87. The average molecular weight is 196 g/mol. The summed E-state index contributed by atoms with van der Waals surface area (Å²) in [5.41, 5.74) is 4.47. The van der Waals surface area contributed by atoms with Crippen LogP contribution in [0.25, 0.3) is 6.08 Å². The highest BCUT2D eigenvalue weighted by molar-refractivity contribution is 5.70. The second-order valence-corrected chi connectivity index (χ2v) is 3.96. The molecule has 1 nitrogen and oxygen atoms in total. The fourth-order valence-electron chi connectivity index (χ4n) is 2.23. The third-order valence-electron chi connectivity index (χ3n) is 3.04. The maximum Gasteiger partial charge on any atom is 0.105 e. The molecule has 2 aliphatic rings. The minimum atomic E-state index is -0.438. The summed E-state index contributed by atoms with van der Waals surface area (Å²) in [4.78, 5) is 0. The van der Waals surface area contributed by atoms with Crippen LogP contribution in [0.4, 0.5) is 0 Å². The Hall–Kier alpha value is -1.60. The van der Waals surface area contributed by atoms with Crippen LogP contribution in [0.5, 0.6) is 0 Å². The van der Waals surface area contributed by atoms with E-state index in [-0.39, 0.29) is 0 Å². The monoisotopic (exact) mass is 196 g/mol. The zero-order valence-corrected chi connectivity index (χ0v) is 8.35. The molecule has 1 unspecified atom stereocenters. The summed E-state index contributed by atoms with van der Waals surface area (Å²) in [7, 11) is 0. The van der Waals surface area contributed by atoms with Gasteiger partial charge in [0.15, 0.2) is 0 Å². The predicted octanol–water partition coefficient (Wildman–Crippen LogP) is 3.00. The molecule has 0 amide bonds. The lowest BCUT2D eigenvalue weighted by Crippen LogP contribution is -1.98. The highest BCUT2D eigenvalue weighted by Gasteiger charge is 2.24. The maximum absolute atomic E-state index is 10.2. The van der Waals surface area contributed by atoms with Gasteiger partial charge in [-0.3, -0.25) is 0 Å². The summed E-state index contributed by atoms with van der Waals surface area (Å²) in [6, 6.07) is 8.02. The summed E-state index contributed by atoms with van der Waals surface area (Å²) in [5, 5.41) is 10.2. The minimum absolute atomic E-state index is 0.438. The van der Waals surface area contributed by atoms with Crippen molar-refractivity contribution in [1.82, 2.24) is 0 Å². The molecular weight excluding hydrogens is 184 g/mol. The summed E-state index contributed by atoms with van der Waals surface area (Å²) >= 11 is 0. The van der Waals surface area contributed by atoms with Crippen molar-refractivity contribution in [2.45, 2.75) is 12.5 Å². The van der Waals surface area contributed by atoms with E-state index in [9.17, 15) is 5.11 Å². The lowest BCUT2D eigenvalue weighted by atomic mass is 10.0. The van der Waals surface area contributed by atoms with Gasteiger partial charge in [-0.15, -0.1) is 0 Å². The molecule has 0 spiro atoms. The SMILES string of the molecule is OC1C(C2=CC=CC2)=Cc2ccccc21. The number of fused-ring (bicyclic) bond motifs is 1. The maximum atomic E-state index is 10.2. The van der Waals surface area contributed by atoms with Gasteiger partial charge in [0, 0.05) is 0 Å².